The smallest absolute Gasteiger partial charge is 1.00 e. The molecule has 0 radical (unpaired) electrons. The van der Waals surface area contributed by atoms with Gasteiger partial charge in [0.15, 0.2) is 0 Å². The maximum Gasteiger partial charge on any atom is 1.00 e. The molecule has 0 unspecified atom stereocenters. The van der Waals surface area contributed by atoms with Crippen LogP contribution < -0.4 is 235 Å². The number of nitrogens with zero attached hydrogens (tertiary/aromatic N) is 10. The minimum atomic E-state index is 0. The van der Waals surface area contributed by atoms with Crippen molar-refractivity contribution >= 4 is 128 Å². The van der Waals surface area contributed by atoms with Crippen molar-refractivity contribution in [1.82, 2.24) is 9.80 Å². The first kappa shape index (κ1) is 166. The molecule has 0 amide bonds. The minimum absolute atomic E-state index is 0. The average Bonchev–Trinajstić information content (AvgIpc) is 0.977. The Balaban J connectivity index is -0.000000254. The van der Waals surface area contributed by atoms with E-state index in [-0.39, 0.29) is 295 Å². The van der Waals surface area contributed by atoms with Gasteiger partial charge in [-0.2, -0.15) is 0 Å². The Labute approximate surface area is 1160 Å². The number of hydrogen-bond acceptors (Lipinski definition) is 34. The zero-order valence-electron chi connectivity index (χ0n) is 84.7. The van der Waals surface area contributed by atoms with E-state index in [0.717, 1.165) is 276 Å². The Bertz CT molecular complexity index is 2600. The first-order chi connectivity index (χ1) is 66.7. The monoisotopic (exact) mass is 3040 g/mol. The second-order valence-electron chi connectivity index (χ2n) is 29.9. The SMILES string of the molecule is C1COCC[NH+]2CCOCCOCCN(CCO1)CCOCCOCC2.C1COCC[NH+]2CCOCCOCCN(CCO1)CCOCCOCC2.C1COCC[NH+]2CCOCCOCC[NH+](CCO1)CCOCCOCC2.C1COCC[NH+]2CCOCCOCC[NH+](CCO1)CCOCCOCC2.N#C/C([Se-])=C(/[Se-])C#N.N#C/C([Se-])=C(/[Se-])C#N.N#C/C([Se-])=C(/[Se-])C#N.N#C/C([Se-])=C(/[Se-])C#N.[Ag+].[Ag+].[Ag+].[Ag+].[K+].[K+].[K+].[K+]. The number of nitrogens with one attached hydrogen (secondary N) is 6. The van der Waals surface area contributed by atoms with Crippen LogP contribution in [0.5, 0.6) is 0 Å². The largest absolute Gasteiger partial charge is 1.00 e. The third-order valence-corrected chi connectivity index (χ3v) is 27.8. The molecule has 0 atom stereocenters. The topological polar surface area (TPSA) is 445 Å². The summed E-state index contributed by atoms with van der Waals surface area (Å²) in [6.07, 6.45) is 0. The quantitative estimate of drug-likeness (QED) is 0.0969. The van der Waals surface area contributed by atoms with Crippen molar-refractivity contribution in [3.8, 4) is 48.6 Å². The molecule has 0 aromatic carbocycles. The molecule has 0 aliphatic carbocycles. The fourth-order valence-corrected chi connectivity index (χ4v) is 13.0. The number of hydrogen-bond donors (Lipinski definition) is 6. The van der Waals surface area contributed by atoms with Gasteiger partial charge in [-0.15, -0.1) is 0 Å². The van der Waals surface area contributed by atoms with Crippen LogP contribution in [0.15, 0.2) is 35.8 Å². The molecule has 40 nitrogen and oxygen atoms in total. The number of rotatable bonds is 0. The fraction of sp³-hybridized carbons (Fsp3) is 0.818. The van der Waals surface area contributed by atoms with E-state index in [1.807, 2.05) is 0 Å². The molecular formula is C88H150Ag4K4N16O24Se8+6. The third kappa shape index (κ3) is 112. The predicted molar refractivity (Wildman–Crippen MR) is 505 cm³/mol. The maximum absolute atomic E-state index is 8.13. The second kappa shape index (κ2) is 132. The van der Waals surface area contributed by atoms with E-state index in [0.29, 0.717) is 234 Å². The van der Waals surface area contributed by atoms with Crippen LogP contribution in [-0.4, -0.2) is 612 Å². The van der Waals surface area contributed by atoms with Crippen molar-refractivity contribution in [3.05, 3.63) is 35.8 Å². The van der Waals surface area contributed by atoms with Crippen molar-refractivity contribution < 1.29 is 438 Å². The van der Waals surface area contributed by atoms with E-state index in [2.05, 4.69) is 138 Å². The van der Waals surface area contributed by atoms with Gasteiger partial charge in [-0.05, 0) is 0 Å². The van der Waals surface area contributed by atoms with Gasteiger partial charge in [-0.1, -0.05) is 0 Å². The Morgan fingerprint density at radius 3 is 0.278 bits per heavy atom. The molecule has 0 aromatic rings. The van der Waals surface area contributed by atoms with E-state index in [1.165, 1.54) is 29.4 Å². The predicted octanol–water partition coefficient (Wildman–Crippen LogP) is -23.3. The summed E-state index contributed by atoms with van der Waals surface area (Å²) in [5.41, 5.74) is 0. The Kier molecular flexibility index (Phi) is 153. The molecule has 12 aliphatic rings. The molecule has 12 fully saturated rings. The molecule has 0 aromatic heterocycles. The van der Waals surface area contributed by atoms with Crippen LogP contribution in [0.1, 0.15) is 0 Å². The van der Waals surface area contributed by atoms with E-state index in [9.17, 15) is 0 Å². The van der Waals surface area contributed by atoms with Gasteiger partial charge in [0.1, 0.15) is 118 Å². The van der Waals surface area contributed by atoms with Gasteiger partial charge in [-0.3, -0.25) is 9.80 Å². The Hall–Kier alpha value is 7.26. The van der Waals surface area contributed by atoms with Crippen molar-refractivity contribution in [2.75, 3.05) is 474 Å². The molecule has 0 saturated carbocycles. The van der Waals surface area contributed by atoms with Crippen LogP contribution in [0.4, 0.5) is 0 Å². The minimum Gasteiger partial charge on any atom is 1.00 e. The maximum atomic E-state index is 8.13. The summed E-state index contributed by atoms with van der Waals surface area (Å²) in [6.45, 7) is 55.5. The summed E-state index contributed by atoms with van der Waals surface area (Å²) in [5, 5.41) is 65.0. The van der Waals surface area contributed by atoms with Crippen LogP contribution in [0.2, 0.25) is 0 Å². The molecule has 12 saturated heterocycles. The van der Waals surface area contributed by atoms with E-state index >= 15 is 0 Å². The van der Waals surface area contributed by atoms with Crippen molar-refractivity contribution in [2.45, 2.75) is 0 Å². The summed E-state index contributed by atoms with van der Waals surface area (Å²) >= 11 is 19.5. The van der Waals surface area contributed by atoms with Gasteiger partial charge in [0.2, 0.25) is 0 Å². The van der Waals surface area contributed by atoms with Gasteiger partial charge >= 0.3 is 550 Å². The zero-order valence-corrected chi connectivity index (χ0v) is 117. The van der Waals surface area contributed by atoms with E-state index in [1.54, 1.807) is 48.6 Å². The molecule has 6 N–H and O–H groups in total. The van der Waals surface area contributed by atoms with Crippen molar-refractivity contribution in [1.29, 1.82) is 42.1 Å². The zero-order chi connectivity index (χ0) is 98.8. The molecule has 12 rings (SSSR count). The summed E-state index contributed by atoms with van der Waals surface area (Å²) in [6, 6.07) is 14.3. The molecule has 12 heterocycles. The van der Waals surface area contributed by atoms with Crippen LogP contribution in [0.3, 0.4) is 0 Å². The first-order valence-corrected chi connectivity index (χ1v) is 53.4. The van der Waals surface area contributed by atoms with Gasteiger partial charge in [0, 0.05) is 39.3 Å². The standard InChI is InChI=1S/4C18H36N2O6.4C4H2N2Se2.4Ag.4K/c4*1-7-21-13-14-24-10-4-20-5-11-25-17-15-22-8-2-19(1)3-9-23-16-18-26-12-6-20;4*5-1-3(7)4(8)2-6;;;;;;;;/h4*1-18H2;4*7-8H;;;;;;;;/q;;;;;;;;8*+1/p-2/b;;;;4*4-3-;;;;;;;;. The summed E-state index contributed by atoms with van der Waals surface area (Å²) in [4.78, 5) is 13.3. The van der Waals surface area contributed by atoms with E-state index < -0.39 is 0 Å². The van der Waals surface area contributed by atoms with Gasteiger partial charge in [-0.25, -0.2) is 0 Å². The molecule has 12 aliphatic heterocycles. The molecule has 144 heavy (non-hydrogen) atoms. The third-order valence-electron chi connectivity index (χ3n) is 20.2. The number of nitriles is 8. The van der Waals surface area contributed by atoms with Crippen LogP contribution in [0.25, 0.3) is 0 Å². The van der Waals surface area contributed by atoms with Gasteiger partial charge in [0.05, 0.1) is 317 Å². The van der Waals surface area contributed by atoms with Crippen molar-refractivity contribution in [2.24, 2.45) is 0 Å². The molecule has 56 heteroatoms. The Morgan fingerprint density at radius 1 is 0.139 bits per heavy atom. The summed E-state index contributed by atoms with van der Waals surface area (Å²) < 4.78 is 140. The number of allylic oxidation sites excluding steroid dienone is 8. The number of quaternary nitrogens is 6. The molecule has 816 valence electrons. The van der Waals surface area contributed by atoms with E-state index in [4.69, 9.17) is 156 Å². The van der Waals surface area contributed by atoms with Gasteiger partial charge in [0.25, 0.3) is 0 Å². The van der Waals surface area contributed by atoms with Crippen LogP contribution in [0, 0.1) is 90.6 Å². The van der Waals surface area contributed by atoms with Crippen LogP contribution >= 0.6 is 0 Å². The van der Waals surface area contributed by atoms with Crippen molar-refractivity contribution in [3.63, 3.8) is 0 Å². The molecule has 8 bridgehead atoms. The number of ether oxygens (including phenoxy) is 24. The summed E-state index contributed by atoms with van der Waals surface area (Å²) in [7, 11) is 0. The summed E-state index contributed by atoms with van der Waals surface area (Å²) in [5.74, 6) is 0. The first-order valence-electron chi connectivity index (χ1n) is 46.5. The average molecular weight is 3040 g/mol. The molecular weight excluding hydrogens is 2880 g/mol. The number of fused-ring (bicyclic) bond motifs is 84. The normalized spacial score (nSPS) is 24.4. The second-order valence-corrected chi connectivity index (χ2v) is 36.8. The fourth-order valence-electron chi connectivity index (χ4n) is 12.2. The molecule has 0 spiro atoms. The van der Waals surface area contributed by atoms with Gasteiger partial charge < -0.3 is 143 Å². The van der Waals surface area contributed by atoms with Crippen LogP contribution in [-0.2, 0) is 203 Å². The Morgan fingerprint density at radius 2 is 0.208 bits per heavy atom.